The van der Waals surface area contributed by atoms with Crippen molar-refractivity contribution < 1.29 is 9.53 Å². The van der Waals surface area contributed by atoms with Crippen LogP contribution in [0.25, 0.3) is 0 Å². The number of nitrogens with two attached hydrogens (primary N) is 1. The molecule has 4 nitrogen and oxygen atoms in total. The maximum atomic E-state index is 12.2. The lowest BCUT2D eigenvalue weighted by atomic mass is 9.90. The van der Waals surface area contributed by atoms with Crippen molar-refractivity contribution in [3.63, 3.8) is 0 Å². The molecule has 2 N–H and O–H groups in total. The maximum absolute atomic E-state index is 12.2. The summed E-state index contributed by atoms with van der Waals surface area (Å²) in [6.45, 7) is 8.65. The molecule has 1 heterocycles. The molecule has 1 amide bonds. The van der Waals surface area contributed by atoms with Gasteiger partial charge in [0.2, 0.25) is 0 Å². The average Bonchev–Trinajstić information content (AvgIpc) is 2.93. The van der Waals surface area contributed by atoms with Gasteiger partial charge in [-0.3, -0.25) is 0 Å². The molecule has 1 unspecified atom stereocenters. The van der Waals surface area contributed by atoms with Gasteiger partial charge in [0, 0.05) is 18.6 Å². The molecule has 0 aromatic heterocycles. The van der Waals surface area contributed by atoms with Gasteiger partial charge in [-0.25, -0.2) is 4.79 Å². The van der Waals surface area contributed by atoms with Gasteiger partial charge in [-0.15, -0.1) is 0 Å². The van der Waals surface area contributed by atoms with E-state index in [4.69, 9.17) is 10.5 Å². The monoisotopic (exact) mass is 254 g/mol. The van der Waals surface area contributed by atoms with Crippen LogP contribution < -0.4 is 5.73 Å². The number of amides is 1. The lowest BCUT2D eigenvalue weighted by Crippen LogP contribution is -2.48. The van der Waals surface area contributed by atoms with E-state index < -0.39 is 5.60 Å². The van der Waals surface area contributed by atoms with Gasteiger partial charge in [-0.05, 0) is 58.8 Å². The predicted octanol–water partition coefficient (Wildman–Crippen LogP) is 2.37. The summed E-state index contributed by atoms with van der Waals surface area (Å²) in [5, 5.41) is 0. The number of rotatable bonds is 1. The maximum Gasteiger partial charge on any atom is 0.410 e. The SMILES string of the molecule is C[C@@H]1CCC([C@@H]2C[C@H]2N)CN1C(=O)OC(C)(C)C. The van der Waals surface area contributed by atoms with Crippen LogP contribution in [0.15, 0.2) is 0 Å². The number of hydrogen-bond acceptors (Lipinski definition) is 3. The Labute approximate surface area is 110 Å². The number of piperidine rings is 1. The topological polar surface area (TPSA) is 55.6 Å². The minimum Gasteiger partial charge on any atom is -0.444 e. The van der Waals surface area contributed by atoms with Crippen molar-refractivity contribution in [1.82, 2.24) is 4.90 Å². The number of carbonyl (C=O) groups excluding carboxylic acids is 1. The summed E-state index contributed by atoms with van der Waals surface area (Å²) in [5.41, 5.74) is 5.50. The second kappa shape index (κ2) is 4.72. The van der Waals surface area contributed by atoms with Crippen LogP contribution >= 0.6 is 0 Å². The highest BCUT2D eigenvalue weighted by Gasteiger charge is 2.44. The van der Waals surface area contributed by atoms with Crippen molar-refractivity contribution in [3.05, 3.63) is 0 Å². The molecule has 2 aliphatic rings. The van der Waals surface area contributed by atoms with E-state index in [0.717, 1.165) is 19.4 Å². The Bertz CT molecular complexity index is 324. The smallest absolute Gasteiger partial charge is 0.410 e. The molecule has 1 aliphatic heterocycles. The Kier molecular flexibility index (Phi) is 3.58. The van der Waals surface area contributed by atoms with Crippen LogP contribution in [0.3, 0.4) is 0 Å². The third-order valence-corrected chi connectivity index (χ3v) is 4.04. The Balaban J connectivity index is 1.94. The molecule has 1 saturated heterocycles. The molecule has 0 aromatic rings. The summed E-state index contributed by atoms with van der Waals surface area (Å²) in [4.78, 5) is 14.1. The second-order valence-corrected chi connectivity index (χ2v) is 6.88. The summed E-state index contributed by atoms with van der Waals surface area (Å²) in [6, 6.07) is 0.648. The molecular weight excluding hydrogens is 228 g/mol. The van der Waals surface area contributed by atoms with E-state index in [2.05, 4.69) is 6.92 Å². The van der Waals surface area contributed by atoms with Gasteiger partial charge in [0.05, 0.1) is 0 Å². The first-order valence-corrected chi connectivity index (χ1v) is 7.03. The zero-order valence-corrected chi connectivity index (χ0v) is 12.0. The molecule has 0 bridgehead atoms. The van der Waals surface area contributed by atoms with Crippen LogP contribution in [0.4, 0.5) is 4.79 Å². The van der Waals surface area contributed by atoms with Crippen molar-refractivity contribution >= 4 is 6.09 Å². The molecule has 18 heavy (non-hydrogen) atoms. The fourth-order valence-corrected chi connectivity index (χ4v) is 2.84. The number of nitrogens with zero attached hydrogens (tertiary/aromatic N) is 1. The predicted molar refractivity (Wildman–Crippen MR) is 71.2 cm³/mol. The average molecular weight is 254 g/mol. The Morgan fingerprint density at radius 3 is 2.44 bits per heavy atom. The van der Waals surface area contributed by atoms with Crippen molar-refractivity contribution in [3.8, 4) is 0 Å². The van der Waals surface area contributed by atoms with Crippen LogP contribution in [0.2, 0.25) is 0 Å². The summed E-state index contributed by atoms with van der Waals surface area (Å²) < 4.78 is 5.48. The first kappa shape index (κ1) is 13.7. The molecule has 4 heteroatoms. The standard InChI is InChI=1S/C14H26N2O2/c1-9-5-6-10(11-7-12(11)15)8-16(9)13(17)18-14(2,3)4/h9-12H,5-8,15H2,1-4H3/t9-,10?,11+,12-/m1/s1. The molecule has 1 aliphatic carbocycles. The molecular formula is C14H26N2O2. The number of likely N-dealkylation sites (tertiary alicyclic amines) is 1. The van der Waals surface area contributed by atoms with Crippen LogP contribution in [-0.2, 0) is 4.74 Å². The lowest BCUT2D eigenvalue weighted by molar-refractivity contribution is 0.00375. The van der Waals surface area contributed by atoms with Crippen molar-refractivity contribution in [2.45, 2.75) is 64.6 Å². The Morgan fingerprint density at radius 2 is 1.94 bits per heavy atom. The highest BCUT2D eigenvalue weighted by molar-refractivity contribution is 5.68. The first-order valence-electron chi connectivity index (χ1n) is 7.03. The van der Waals surface area contributed by atoms with Crippen LogP contribution in [-0.4, -0.2) is 35.2 Å². The van der Waals surface area contributed by atoms with Crippen LogP contribution in [0.5, 0.6) is 0 Å². The van der Waals surface area contributed by atoms with E-state index in [9.17, 15) is 4.79 Å². The molecule has 4 atom stereocenters. The van der Waals surface area contributed by atoms with Crippen molar-refractivity contribution in [2.75, 3.05) is 6.54 Å². The Morgan fingerprint density at radius 1 is 1.33 bits per heavy atom. The third kappa shape index (κ3) is 3.16. The molecule has 0 spiro atoms. The van der Waals surface area contributed by atoms with E-state index in [-0.39, 0.29) is 12.1 Å². The number of carbonyl (C=O) groups is 1. The van der Waals surface area contributed by atoms with Gasteiger partial charge in [0.1, 0.15) is 5.60 Å². The largest absolute Gasteiger partial charge is 0.444 e. The summed E-state index contributed by atoms with van der Waals surface area (Å²) >= 11 is 0. The lowest BCUT2D eigenvalue weighted by Gasteiger charge is -2.39. The molecule has 1 saturated carbocycles. The van der Waals surface area contributed by atoms with Gasteiger partial charge in [-0.1, -0.05) is 0 Å². The van der Waals surface area contributed by atoms with E-state index in [1.807, 2.05) is 25.7 Å². The minimum atomic E-state index is -0.417. The summed E-state index contributed by atoms with van der Waals surface area (Å²) in [5.74, 6) is 1.20. The fraction of sp³-hybridized carbons (Fsp3) is 0.929. The third-order valence-electron chi connectivity index (χ3n) is 4.04. The highest BCUT2D eigenvalue weighted by atomic mass is 16.6. The zero-order valence-electron chi connectivity index (χ0n) is 12.0. The first-order chi connectivity index (χ1) is 8.28. The van der Waals surface area contributed by atoms with E-state index in [0.29, 0.717) is 17.9 Å². The van der Waals surface area contributed by atoms with Gasteiger partial charge in [-0.2, -0.15) is 0 Å². The van der Waals surface area contributed by atoms with E-state index in [1.54, 1.807) is 0 Å². The molecule has 2 fully saturated rings. The normalized spacial score (nSPS) is 36.4. The van der Waals surface area contributed by atoms with Crippen LogP contribution in [0.1, 0.15) is 47.0 Å². The van der Waals surface area contributed by atoms with E-state index >= 15 is 0 Å². The second-order valence-electron chi connectivity index (χ2n) is 6.88. The van der Waals surface area contributed by atoms with Crippen molar-refractivity contribution in [1.29, 1.82) is 0 Å². The van der Waals surface area contributed by atoms with Gasteiger partial charge < -0.3 is 15.4 Å². The molecule has 0 aromatic carbocycles. The molecule has 0 radical (unpaired) electrons. The zero-order chi connectivity index (χ0) is 13.5. The number of hydrogen-bond donors (Lipinski definition) is 1. The minimum absolute atomic E-state index is 0.172. The fourth-order valence-electron chi connectivity index (χ4n) is 2.84. The van der Waals surface area contributed by atoms with Gasteiger partial charge in [0.25, 0.3) is 0 Å². The summed E-state index contributed by atoms with van der Waals surface area (Å²) in [6.07, 6.45) is 3.21. The van der Waals surface area contributed by atoms with Gasteiger partial charge in [0.15, 0.2) is 0 Å². The Hall–Kier alpha value is -0.770. The van der Waals surface area contributed by atoms with E-state index in [1.165, 1.54) is 6.42 Å². The number of ether oxygens (including phenoxy) is 1. The summed E-state index contributed by atoms with van der Waals surface area (Å²) in [7, 11) is 0. The molecule has 104 valence electrons. The molecule has 2 rings (SSSR count). The van der Waals surface area contributed by atoms with Crippen LogP contribution in [0, 0.1) is 11.8 Å². The highest BCUT2D eigenvalue weighted by Crippen LogP contribution is 2.41. The van der Waals surface area contributed by atoms with Crippen molar-refractivity contribution in [2.24, 2.45) is 17.6 Å². The quantitative estimate of drug-likeness (QED) is 0.781. The van der Waals surface area contributed by atoms with Gasteiger partial charge >= 0.3 is 6.09 Å².